The highest BCUT2D eigenvalue weighted by Crippen LogP contribution is 2.36. The van der Waals surface area contributed by atoms with E-state index in [4.69, 9.17) is 4.74 Å². The van der Waals surface area contributed by atoms with Gasteiger partial charge in [0.2, 0.25) is 0 Å². The number of carbonyl (C=O) groups is 1. The molecule has 1 aromatic carbocycles. The van der Waals surface area contributed by atoms with Crippen LogP contribution in [0.1, 0.15) is 50.7 Å². The molecule has 7 nitrogen and oxygen atoms in total. The van der Waals surface area contributed by atoms with Crippen molar-refractivity contribution in [3.63, 3.8) is 0 Å². The summed E-state index contributed by atoms with van der Waals surface area (Å²) in [5.74, 6) is 0. The summed E-state index contributed by atoms with van der Waals surface area (Å²) >= 11 is 0. The second-order valence-electron chi connectivity index (χ2n) is 5.42. The molecule has 0 spiro atoms. The fourth-order valence-corrected chi connectivity index (χ4v) is 2.78. The van der Waals surface area contributed by atoms with Crippen molar-refractivity contribution in [3.05, 3.63) is 33.6 Å². The lowest BCUT2D eigenvalue weighted by Crippen LogP contribution is -2.36. The largest absolute Gasteiger partial charge is 0.441 e. The highest BCUT2D eigenvalue weighted by molar-refractivity contribution is 5.69. The molecule has 1 aliphatic carbocycles. The van der Waals surface area contributed by atoms with Gasteiger partial charge < -0.3 is 10.1 Å². The normalized spacial score (nSPS) is 16.6. The molecular weight excluding hydrogens is 286 g/mol. The summed E-state index contributed by atoms with van der Waals surface area (Å²) in [5.41, 5.74) is 0.330. The van der Waals surface area contributed by atoms with Gasteiger partial charge in [-0.25, -0.2) is 4.79 Å². The Balaban J connectivity index is 2.05. The van der Waals surface area contributed by atoms with Crippen LogP contribution in [-0.4, -0.2) is 12.1 Å². The van der Waals surface area contributed by atoms with E-state index in [1.807, 2.05) is 0 Å². The molecule has 0 heterocycles. The van der Waals surface area contributed by atoms with Crippen molar-refractivity contribution in [1.82, 2.24) is 5.32 Å². The molecule has 0 saturated heterocycles. The lowest BCUT2D eigenvalue weighted by molar-refractivity contribution is 0.102. The monoisotopic (exact) mass is 305 g/mol. The topological polar surface area (TPSA) is 97.2 Å². The van der Waals surface area contributed by atoms with Gasteiger partial charge in [-0.2, -0.15) is 0 Å². The highest BCUT2D eigenvalue weighted by Gasteiger charge is 2.22. The average molecular weight is 305 g/mol. The third kappa shape index (κ3) is 3.87. The van der Waals surface area contributed by atoms with E-state index in [-0.39, 0.29) is 23.0 Å². The molecule has 7 heteroatoms. The van der Waals surface area contributed by atoms with Crippen molar-refractivity contribution >= 4 is 17.5 Å². The van der Waals surface area contributed by atoms with E-state index in [1.54, 1.807) is 6.92 Å². The van der Waals surface area contributed by atoms with Crippen molar-refractivity contribution in [2.75, 3.05) is 0 Å². The molecule has 1 amide bonds. The number of benzene rings is 1. The number of nitrogens with zero attached hydrogens (tertiary/aromatic N) is 2. The number of amides is 1. The van der Waals surface area contributed by atoms with E-state index in [0.29, 0.717) is 0 Å². The highest BCUT2D eigenvalue weighted by atomic mass is 16.6. The molecule has 2 rings (SSSR count). The number of alkyl carbamates (subject to hydrolysis) is 1. The number of carbonyl (C=O) groups excluding carboxylic acids is 1. The molecule has 0 aliphatic heterocycles. The van der Waals surface area contributed by atoms with E-state index in [2.05, 4.69) is 15.7 Å². The fourth-order valence-electron chi connectivity index (χ4n) is 2.78. The zero-order valence-corrected chi connectivity index (χ0v) is 12.4. The molecule has 0 radical (unpaired) electrons. The molecule has 1 fully saturated rings. The smallest absolute Gasteiger partial charge is 0.407 e. The summed E-state index contributed by atoms with van der Waals surface area (Å²) in [6, 6.07) is 4.54. The quantitative estimate of drug-likeness (QED) is 0.803. The third-order valence-corrected chi connectivity index (χ3v) is 3.87. The van der Waals surface area contributed by atoms with Gasteiger partial charge in [0, 0.05) is 6.04 Å². The Morgan fingerprint density at radius 1 is 1.18 bits per heavy atom. The summed E-state index contributed by atoms with van der Waals surface area (Å²) in [4.78, 5) is 33.6. The first-order chi connectivity index (χ1) is 10.7. The zero-order chi connectivity index (χ0) is 15.9. The van der Waals surface area contributed by atoms with Crippen molar-refractivity contribution < 1.29 is 9.53 Å². The van der Waals surface area contributed by atoms with Crippen LogP contribution < -0.4 is 5.32 Å². The Bertz CT molecular complexity index is 529. The zero-order valence-electron chi connectivity index (χ0n) is 12.4. The predicted molar refractivity (Wildman–Crippen MR) is 82.3 cm³/mol. The molecule has 0 bridgehead atoms. The molecule has 1 N–H and O–H groups in total. The Hall–Kier alpha value is -2.31. The standard InChI is InChI=1S/C15H19N3O4/c1-10(14-12(17-20)8-5-9-13(14)18-21)22-15(19)16-11-6-3-2-4-7-11/h5,8-11H,2-4,6-7H2,1H3,(H,16,19). The number of rotatable bonds is 5. The molecule has 1 unspecified atom stereocenters. The maximum absolute atomic E-state index is 11.9. The van der Waals surface area contributed by atoms with Crippen LogP contribution >= 0.6 is 0 Å². The van der Waals surface area contributed by atoms with Gasteiger partial charge in [-0.15, -0.1) is 9.81 Å². The summed E-state index contributed by atoms with van der Waals surface area (Å²) in [7, 11) is 0. The second-order valence-corrected chi connectivity index (χ2v) is 5.42. The van der Waals surface area contributed by atoms with Gasteiger partial charge in [0.1, 0.15) is 17.5 Å². The van der Waals surface area contributed by atoms with Crippen LogP contribution in [0.4, 0.5) is 16.2 Å². The second kappa shape index (κ2) is 7.63. The number of hydrogen-bond acceptors (Lipinski definition) is 6. The van der Waals surface area contributed by atoms with Gasteiger partial charge in [-0.3, -0.25) is 0 Å². The summed E-state index contributed by atoms with van der Waals surface area (Å²) in [6.45, 7) is 1.58. The van der Waals surface area contributed by atoms with Crippen molar-refractivity contribution in [1.29, 1.82) is 0 Å². The summed E-state index contributed by atoms with van der Waals surface area (Å²) in [6.07, 6.45) is 3.92. The summed E-state index contributed by atoms with van der Waals surface area (Å²) in [5, 5.41) is 8.54. The van der Waals surface area contributed by atoms with Crippen molar-refractivity contribution in [2.24, 2.45) is 10.4 Å². The van der Waals surface area contributed by atoms with Crippen LogP contribution in [0.5, 0.6) is 0 Å². The molecule has 1 saturated carbocycles. The molecule has 1 aliphatic rings. The van der Waals surface area contributed by atoms with Gasteiger partial charge in [0.05, 0.1) is 5.56 Å². The lowest BCUT2D eigenvalue weighted by atomic mass is 9.96. The Morgan fingerprint density at radius 3 is 2.32 bits per heavy atom. The van der Waals surface area contributed by atoms with Crippen LogP contribution in [0.3, 0.4) is 0 Å². The van der Waals surface area contributed by atoms with Crippen LogP contribution in [0.15, 0.2) is 28.6 Å². The van der Waals surface area contributed by atoms with Crippen LogP contribution in [-0.2, 0) is 4.74 Å². The van der Waals surface area contributed by atoms with E-state index in [0.717, 1.165) is 25.7 Å². The first-order valence-electron chi connectivity index (χ1n) is 7.42. The first kappa shape index (κ1) is 16.1. The van der Waals surface area contributed by atoms with E-state index >= 15 is 0 Å². The van der Waals surface area contributed by atoms with Gasteiger partial charge in [0.25, 0.3) is 0 Å². The molecule has 1 atom stereocenters. The van der Waals surface area contributed by atoms with Gasteiger partial charge in [-0.1, -0.05) is 25.3 Å². The average Bonchev–Trinajstić information content (AvgIpc) is 2.54. The van der Waals surface area contributed by atoms with E-state index in [9.17, 15) is 14.6 Å². The van der Waals surface area contributed by atoms with Crippen LogP contribution in [0.25, 0.3) is 0 Å². The third-order valence-electron chi connectivity index (χ3n) is 3.87. The first-order valence-corrected chi connectivity index (χ1v) is 7.42. The molecule has 1 aromatic rings. The minimum Gasteiger partial charge on any atom is -0.441 e. The molecule has 22 heavy (non-hydrogen) atoms. The predicted octanol–water partition coefficient (Wildman–Crippen LogP) is 4.60. The Morgan fingerprint density at radius 2 is 1.77 bits per heavy atom. The van der Waals surface area contributed by atoms with Crippen molar-refractivity contribution in [3.8, 4) is 0 Å². The lowest BCUT2D eigenvalue weighted by Gasteiger charge is -2.23. The minimum absolute atomic E-state index is 0.0510. The van der Waals surface area contributed by atoms with Gasteiger partial charge in [-0.05, 0) is 42.3 Å². The number of hydrogen-bond donors (Lipinski definition) is 1. The number of nitroso groups, excluding NO2 is 2. The van der Waals surface area contributed by atoms with Crippen LogP contribution in [0.2, 0.25) is 0 Å². The number of ether oxygens (including phenoxy) is 1. The molecule has 118 valence electrons. The van der Waals surface area contributed by atoms with Crippen LogP contribution in [0, 0.1) is 9.81 Å². The van der Waals surface area contributed by atoms with Gasteiger partial charge in [0.15, 0.2) is 0 Å². The SMILES string of the molecule is CC(OC(=O)NC1CCCCC1)c1c(N=O)cccc1N=O. The summed E-state index contributed by atoms with van der Waals surface area (Å²) < 4.78 is 5.28. The maximum atomic E-state index is 11.9. The Kier molecular flexibility index (Phi) is 5.57. The van der Waals surface area contributed by atoms with E-state index in [1.165, 1.54) is 24.6 Å². The number of nitrogens with one attached hydrogen (secondary N) is 1. The molecule has 0 aromatic heterocycles. The molecular formula is C15H19N3O4. The van der Waals surface area contributed by atoms with E-state index < -0.39 is 12.2 Å². The van der Waals surface area contributed by atoms with Crippen molar-refractivity contribution in [2.45, 2.75) is 51.2 Å². The fraction of sp³-hybridized carbons (Fsp3) is 0.533. The maximum Gasteiger partial charge on any atom is 0.407 e. The minimum atomic E-state index is -0.787. The van der Waals surface area contributed by atoms with Gasteiger partial charge >= 0.3 is 6.09 Å². The Labute approximate surface area is 128 Å².